The molecule has 1 aromatic heterocycles. The lowest BCUT2D eigenvalue weighted by Gasteiger charge is -2.24. The average molecular weight is 305 g/mol. The molecule has 122 valence electrons. The molecule has 1 aliphatic heterocycles. The molecule has 1 saturated heterocycles. The molecule has 2 N–H and O–H groups in total. The Morgan fingerprint density at radius 2 is 2.41 bits per heavy atom. The minimum absolute atomic E-state index is 0.299. The molecule has 0 aliphatic carbocycles. The molecule has 2 rings (SSSR count). The van der Waals surface area contributed by atoms with Gasteiger partial charge in [-0.3, -0.25) is 4.98 Å². The molecule has 1 atom stereocenters. The van der Waals surface area contributed by atoms with Crippen LogP contribution in [-0.2, 0) is 6.54 Å². The van der Waals surface area contributed by atoms with Crippen LogP contribution in [0.1, 0.15) is 55.1 Å². The number of carboxylic acid groups (broad SMARTS) is 1. The summed E-state index contributed by atoms with van der Waals surface area (Å²) in [7, 11) is 0. The first-order valence-corrected chi connectivity index (χ1v) is 8.33. The van der Waals surface area contributed by atoms with Gasteiger partial charge in [-0.2, -0.15) is 0 Å². The van der Waals surface area contributed by atoms with E-state index < -0.39 is 5.97 Å². The molecular formula is C17H27N3O2. The average Bonchev–Trinajstić information content (AvgIpc) is 2.97. The fraction of sp³-hybridized carbons (Fsp3) is 0.647. The molecule has 1 fully saturated rings. The summed E-state index contributed by atoms with van der Waals surface area (Å²) in [6.45, 7) is 6.29. The van der Waals surface area contributed by atoms with E-state index in [0.29, 0.717) is 18.2 Å². The zero-order valence-corrected chi connectivity index (χ0v) is 13.4. The first-order valence-electron chi connectivity index (χ1n) is 8.33. The van der Waals surface area contributed by atoms with Crippen LogP contribution in [0.5, 0.6) is 0 Å². The molecule has 0 amide bonds. The van der Waals surface area contributed by atoms with Gasteiger partial charge in [0.15, 0.2) is 0 Å². The Morgan fingerprint density at radius 3 is 3.18 bits per heavy atom. The molecule has 5 nitrogen and oxygen atoms in total. The predicted octanol–water partition coefficient (Wildman–Crippen LogP) is 2.52. The number of hydrogen-bond donors (Lipinski definition) is 2. The SMILES string of the molecule is CCCCN1CCCC1CCNCc1cc(C(=O)O)ccn1. The molecule has 5 heteroatoms. The molecule has 0 aromatic carbocycles. The van der Waals surface area contributed by atoms with Crippen LogP contribution in [0.2, 0.25) is 0 Å². The van der Waals surface area contributed by atoms with E-state index in [2.05, 4.69) is 22.1 Å². The van der Waals surface area contributed by atoms with E-state index in [1.165, 1.54) is 44.8 Å². The largest absolute Gasteiger partial charge is 0.478 e. The number of unbranched alkanes of at least 4 members (excludes halogenated alkanes) is 1. The number of aromatic nitrogens is 1. The second-order valence-electron chi connectivity index (χ2n) is 5.99. The summed E-state index contributed by atoms with van der Waals surface area (Å²) in [5, 5.41) is 12.4. The third-order valence-electron chi connectivity index (χ3n) is 4.32. The predicted molar refractivity (Wildman–Crippen MR) is 87.0 cm³/mol. The van der Waals surface area contributed by atoms with E-state index in [-0.39, 0.29) is 0 Å². The van der Waals surface area contributed by atoms with Crippen molar-refractivity contribution >= 4 is 5.97 Å². The third-order valence-corrected chi connectivity index (χ3v) is 4.32. The van der Waals surface area contributed by atoms with Crippen LogP contribution in [0.25, 0.3) is 0 Å². The van der Waals surface area contributed by atoms with Crippen molar-refractivity contribution in [3.05, 3.63) is 29.6 Å². The minimum Gasteiger partial charge on any atom is -0.478 e. The summed E-state index contributed by atoms with van der Waals surface area (Å²) in [5.74, 6) is -0.902. The van der Waals surface area contributed by atoms with Crippen molar-refractivity contribution in [1.82, 2.24) is 15.2 Å². The highest BCUT2D eigenvalue weighted by atomic mass is 16.4. The van der Waals surface area contributed by atoms with E-state index in [9.17, 15) is 4.79 Å². The lowest BCUT2D eigenvalue weighted by Crippen LogP contribution is -2.33. The Kier molecular flexibility index (Phi) is 6.80. The van der Waals surface area contributed by atoms with Gasteiger partial charge in [-0.05, 0) is 57.5 Å². The number of nitrogens with zero attached hydrogens (tertiary/aromatic N) is 2. The van der Waals surface area contributed by atoms with Gasteiger partial charge in [-0.25, -0.2) is 4.79 Å². The number of carbonyl (C=O) groups is 1. The minimum atomic E-state index is -0.902. The van der Waals surface area contributed by atoms with E-state index in [1.807, 2.05) is 0 Å². The van der Waals surface area contributed by atoms with E-state index in [4.69, 9.17) is 5.11 Å². The number of carboxylic acids is 1. The Labute approximate surface area is 132 Å². The number of rotatable bonds is 9. The van der Waals surface area contributed by atoms with Crippen LogP contribution < -0.4 is 5.32 Å². The summed E-state index contributed by atoms with van der Waals surface area (Å²) >= 11 is 0. The molecule has 0 radical (unpaired) electrons. The molecule has 2 heterocycles. The van der Waals surface area contributed by atoms with Gasteiger partial charge >= 0.3 is 5.97 Å². The normalized spacial score (nSPS) is 18.7. The number of pyridine rings is 1. The summed E-state index contributed by atoms with van der Waals surface area (Å²) in [5.41, 5.74) is 1.09. The maximum Gasteiger partial charge on any atom is 0.335 e. The molecule has 0 bridgehead atoms. The monoisotopic (exact) mass is 305 g/mol. The van der Waals surface area contributed by atoms with Crippen molar-refractivity contribution in [2.45, 2.75) is 51.6 Å². The molecule has 1 unspecified atom stereocenters. The topological polar surface area (TPSA) is 65.5 Å². The second kappa shape index (κ2) is 8.86. The van der Waals surface area contributed by atoms with Crippen LogP contribution >= 0.6 is 0 Å². The molecule has 0 saturated carbocycles. The molecule has 1 aromatic rings. The van der Waals surface area contributed by atoms with Gasteiger partial charge < -0.3 is 15.3 Å². The highest BCUT2D eigenvalue weighted by Gasteiger charge is 2.22. The lowest BCUT2D eigenvalue weighted by molar-refractivity contribution is 0.0696. The Hall–Kier alpha value is -1.46. The summed E-state index contributed by atoms with van der Waals surface area (Å²) in [6.07, 6.45) is 7.88. The van der Waals surface area contributed by atoms with E-state index >= 15 is 0 Å². The van der Waals surface area contributed by atoms with Crippen molar-refractivity contribution in [3.63, 3.8) is 0 Å². The van der Waals surface area contributed by atoms with Gasteiger partial charge in [0.05, 0.1) is 11.3 Å². The van der Waals surface area contributed by atoms with Gasteiger partial charge in [-0.15, -0.1) is 0 Å². The van der Waals surface area contributed by atoms with E-state index in [1.54, 1.807) is 12.3 Å². The van der Waals surface area contributed by atoms with Crippen molar-refractivity contribution in [2.75, 3.05) is 19.6 Å². The number of nitrogens with one attached hydrogen (secondary N) is 1. The van der Waals surface area contributed by atoms with Gasteiger partial charge in [-0.1, -0.05) is 13.3 Å². The molecule has 0 spiro atoms. The van der Waals surface area contributed by atoms with Crippen molar-refractivity contribution in [3.8, 4) is 0 Å². The quantitative estimate of drug-likeness (QED) is 0.686. The molecular weight excluding hydrogens is 278 g/mol. The summed E-state index contributed by atoms with van der Waals surface area (Å²) in [6, 6.07) is 3.87. The van der Waals surface area contributed by atoms with E-state index in [0.717, 1.165) is 18.7 Å². The Morgan fingerprint density at radius 1 is 1.55 bits per heavy atom. The van der Waals surface area contributed by atoms with Crippen LogP contribution in [0.3, 0.4) is 0 Å². The summed E-state index contributed by atoms with van der Waals surface area (Å²) in [4.78, 5) is 17.8. The van der Waals surface area contributed by atoms with Gasteiger partial charge in [0, 0.05) is 18.8 Å². The van der Waals surface area contributed by atoms with Gasteiger partial charge in [0.2, 0.25) is 0 Å². The standard InChI is InChI=1S/C17H27N3O2/c1-2-3-10-20-11-4-5-16(20)7-8-18-13-15-12-14(17(21)22)6-9-19-15/h6,9,12,16,18H,2-5,7-8,10-11,13H2,1H3,(H,21,22). The maximum absolute atomic E-state index is 10.9. The van der Waals surface area contributed by atoms with Crippen molar-refractivity contribution in [1.29, 1.82) is 0 Å². The highest BCUT2D eigenvalue weighted by molar-refractivity contribution is 5.87. The van der Waals surface area contributed by atoms with Crippen LogP contribution in [0.4, 0.5) is 0 Å². The number of likely N-dealkylation sites (tertiary alicyclic amines) is 1. The highest BCUT2D eigenvalue weighted by Crippen LogP contribution is 2.20. The third kappa shape index (κ3) is 5.07. The molecule has 1 aliphatic rings. The lowest BCUT2D eigenvalue weighted by atomic mass is 10.1. The molecule has 22 heavy (non-hydrogen) atoms. The van der Waals surface area contributed by atoms with Crippen molar-refractivity contribution in [2.24, 2.45) is 0 Å². The number of hydrogen-bond acceptors (Lipinski definition) is 4. The summed E-state index contributed by atoms with van der Waals surface area (Å²) < 4.78 is 0. The fourth-order valence-electron chi connectivity index (χ4n) is 3.07. The smallest absolute Gasteiger partial charge is 0.335 e. The zero-order valence-electron chi connectivity index (χ0n) is 13.4. The number of aromatic carboxylic acids is 1. The fourth-order valence-corrected chi connectivity index (χ4v) is 3.07. The van der Waals surface area contributed by atoms with Crippen LogP contribution in [0, 0.1) is 0 Å². The van der Waals surface area contributed by atoms with Crippen LogP contribution in [0.15, 0.2) is 18.3 Å². The Balaban J connectivity index is 1.70. The zero-order chi connectivity index (χ0) is 15.8. The van der Waals surface area contributed by atoms with Crippen molar-refractivity contribution < 1.29 is 9.90 Å². The van der Waals surface area contributed by atoms with Gasteiger partial charge in [0.1, 0.15) is 0 Å². The second-order valence-corrected chi connectivity index (χ2v) is 5.99. The first kappa shape index (κ1) is 16.9. The first-order chi connectivity index (χ1) is 10.7. The maximum atomic E-state index is 10.9. The van der Waals surface area contributed by atoms with Crippen LogP contribution in [-0.4, -0.2) is 46.6 Å². The van der Waals surface area contributed by atoms with Gasteiger partial charge in [0.25, 0.3) is 0 Å². The Bertz CT molecular complexity index is 479.